The lowest BCUT2D eigenvalue weighted by Gasteiger charge is -1.77. The summed E-state index contributed by atoms with van der Waals surface area (Å²) in [5.74, 6) is 0. The zero-order chi connectivity index (χ0) is 11.4. The molecule has 0 radical (unpaired) electrons. The maximum Gasteiger partial charge on any atom is -0.0404 e. The Kier molecular flexibility index (Phi) is 28.4. The maximum atomic E-state index is 3.66. The van der Waals surface area contributed by atoms with E-state index < -0.39 is 0 Å². The maximum absolute atomic E-state index is 3.66. The number of hydrogen-bond donors (Lipinski definition) is 0. The zero-order valence-electron chi connectivity index (χ0n) is 10.3. The van der Waals surface area contributed by atoms with E-state index in [1.165, 1.54) is 0 Å². The molecule has 92 valence electrons. The molecule has 16 heavy (non-hydrogen) atoms. The van der Waals surface area contributed by atoms with Crippen LogP contribution < -0.4 is 0 Å². The number of rotatable bonds is 4. The van der Waals surface area contributed by atoms with Gasteiger partial charge in [-0.15, -0.1) is 0 Å². The van der Waals surface area contributed by atoms with Crippen molar-refractivity contribution in [2.75, 3.05) is 0 Å². The monoisotopic (exact) mass is 224 g/mol. The molecular formula is C14H24O2. The predicted octanol–water partition coefficient (Wildman–Crippen LogP) is 2.96. The molecule has 0 aliphatic rings. The lowest BCUT2D eigenvalue weighted by atomic mass is 10.3. The molecule has 2 nitrogen and oxygen atoms in total. The van der Waals surface area contributed by atoms with Crippen molar-refractivity contribution in [3.05, 3.63) is 73.9 Å². The van der Waals surface area contributed by atoms with Crippen molar-refractivity contribution in [1.82, 2.24) is 0 Å². The zero-order valence-corrected chi connectivity index (χ0v) is 10.3. The molecule has 0 fully saturated rings. The van der Waals surface area contributed by atoms with Gasteiger partial charge in [0.25, 0.3) is 0 Å². The van der Waals surface area contributed by atoms with Gasteiger partial charge in [-0.2, -0.15) is 0 Å². The Morgan fingerprint density at radius 1 is 0.750 bits per heavy atom. The van der Waals surface area contributed by atoms with Crippen LogP contribution in [0.4, 0.5) is 0 Å². The molecule has 0 heterocycles. The van der Waals surface area contributed by atoms with Crippen LogP contribution in [-0.4, -0.2) is 11.0 Å². The topological polar surface area (TPSA) is 63.0 Å². The highest BCUT2D eigenvalue weighted by Crippen LogP contribution is 1.87. The van der Waals surface area contributed by atoms with Gasteiger partial charge < -0.3 is 11.0 Å². The molecule has 0 aromatic heterocycles. The fourth-order valence-corrected chi connectivity index (χ4v) is 0.465. The lowest BCUT2D eigenvalue weighted by molar-refractivity contribution is 0.823. The van der Waals surface area contributed by atoms with E-state index in [2.05, 4.69) is 26.3 Å². The normalized spacial score (nSPS) is 8.12. The summed E-state index contributed by atoms with van der Waals surface area (Å²) in [6, 6.07) is 0. The Balaban J connectivity index is -0.0000000800. The summed E-state index contributed by atoms with van der Waals surface area (Å²) in [5.41, 5.74) is 2.11. The van der Waals surface area contributed by atoms with Gasteiger partial charge in [0.1, 0.15) is 0 Å². The third-order valence-electron chi connectivity index (χ3n) is 1.03. The molecule has 0 spiro atoms. The Hall–Kier alpha value is -1.64. The van der Waals surface area contributed by atoms with Crippen LogP contribution in [-0.2, 0) is 0 Å². The van der Waals surface area contributed by atoms with Gasteiger partial charge in [0.2, 0.25) is 0 Å². The van der Waals surface area contributed by atoms with Gasteiger partial charge in [0, 0.05) is 0 Å². The minimum absolute atomic E-state index is 0. The van der Waals surface area contributed by atoms with Gasteiger partial charge in [-0.05, 0) is 13.8 Å². The summed E-state index contributed by atoms with van der Waals surface area (Å²) in [5, 5.41) is 0. The molecule has 0 saturated carbocycles. The molecule has 0 bridgehead atoms. The van der Waals surface area contributed by atoms with E-state index in [1.54, 1.807) is 12.2 Å². The fourth-order valence-electron chi connectivity index (χ4n) is 0.465. The van der Waals surface area contributed by atoms with Crippen molar-refractivity contribution >= 4 is 0 Å². The van der Waals surface area contributed by atoms with E-state index in [4.69, 9.17) is 0 Å². The van der Waals surface area contributed by atoms with Crippen LogP contribution in [0, 0.1) is 0 Å². The molecule has 0 amide bonds. The number of allylic oxidation sites excluding steroid dienone is 8. The second-order valence-corrected chi connectivity index (χ2v) is 2.88. The molecule has 0 unspecified atom stereocenters. The van der Waals surface area contributed by atoms with Crippen molar-refractivity contribution in [3.63, 3.8) is 0 Å². The molecule has 0 atom stereocenters. The molecule has 4 N–H and O–H groups in total. The van der Waals surface area contributed by atoms with Crippen LogP contribution in [0.3, 0.4) is 0 Å². The molecule has 0 aliphatic carbocycles. The van der Waals surface area contributed by atoms with E-state index in [0.717, 1.165) is 11.1 Å². The Morgan fingerprint density at radius 3 is 1.06 bits per heavy atom. The Labute approximate surface area is 99.3 Å². The highest BCUT2D eigenvalue weighted by molar-refractivity contribution is 5.15. The average Bonchev–Trinajstić information content (AvgIpc) is 2.12. The summed E-state index contributed by atoms with van der Waals surface area (Å²) in [4.78, 5) is 0. The van der Waals surface area contributed by atoms with Crippen LogP contribution >= 0.6 is 0 Å². The standard InChI is InChI=1S/2C7H10.2H2O/c2*1-4-5-6-7(2)3;;/h2*4-6H,1-2H2,3H3;2*1H2/b2*6-5-;;. The first-order chi connectivity index (χ1) is 6.54. The molecule has 0 aromatic rings. The van der Waals surface area contributed by atoms with Crippen molar-refractivity contribution < 1.29 is 11.0 Å². The molecule has 0 saturated heterocycles. The van der Waals surface area contributed by atoms with Crippen molar-refractivity contribution in [2.24, 2.45) is 0 Å². The van der Waals surface area contributed by atoms with Crippen LogP contribution in [0.2, 0.25) is 0 Å². The van der Waals surface area contributed by atoms with Gasteiger partial charge in [0.15, 0.2) is 0 Å². The Morgan fingerprint density at radius 2 is 1.00 bits per heavy atom. The van der Waals surface area contributed by atoms with Crippen LogP contribution in [0.15, 0.2) is 73.9 Å². The highest BCUT2D eigenvalue weighted by Gasteiger charge is 1.66. The lowest BCUT2D eigenvalue weighted by Crippen LogP contribution is -1.55. The van der Waals surface area contributed by atoms with Gasteiger partial charge in [-0.25, -0.2) is 0 Å². The average molecular weight is 224 g/mol. The third-order valence-corrected chi connectivity index (χ3v) is 1.03. The molecule has 2 heteroatoms. The second-order valence-electron chi connectivity index (χ2n) is 2.88. The summed E-state index contributed by atoms with van der Waals surface area (Å²) in [6.45, 7) is 18.2. The molecular weight excluding hydrogens is 200 g/mol. The van der Waals surface area contributed by atoms with Gasteiger partial charge >= 0.3 is 0 Å². The molecule has 0 aliphatic heterocycles. The first-order valence-corrected chi connectivity index (χ1v) is 4.43. The highest BCUT2D eigenvalue weighted by atomic mass is 16.0. The first kappa shape index (κ1) is 23.9. The number of hydrogen-bond acceptors (Lipinski definition) is 0. The summed E-state index contributed by atoms with van der Waals surface area (Å²) in [6.07, 6.45) is 11.0. The second kappa shape index (κ2) is 19.0. The van der Waals surface area contributed by atoms with Crippen molar-refractivity contribution in [1.29, 1.82) is 0 Å². The quantitative estimate of drug-likeness (QED) is 0.659. The summed E-state index contributed by atoms with van der Waals surface area (Å²) < 4.78 is 0. The summed E-state index contributed by atoms with van der Waals surface area (Å²) >= 11 is 0. The van der Waals surface area contributed by atoms with E-state index in [0.29, 0.717) is 0 Å². The van der Waals surface area contributed by atoms with Crippen molar-refractivity contribution in [2.45, 2.75) is 13.8 Å². The minimum atomic E-state index is 0. The van der Waals surface area contributed by atoms with Crippen molar-refractivity contribution in [3.8, 4) is 0 Å². The SMILES string of the molecule is C=C/C=C\C(=C)C.C=C/C=C\C(=C)C.O.O. The fraction of sp³-hybridized carbons (Fsp3) is 0.143. The largest absolute Gasteiger partial charge is 0.412 e. The van der Waals surface area contributed by atoms with Crippen LogP contribution in [0.25, 0.3) is 0 Å². The van der Waals surface area contributed by atoms with Gasteiger partial charge in [-0.1, -0.05) is 73.9 Å². The van der Waals surface area contributed by atoms with Gasteiger partial charge in [-0.3, -0.25) is 0 Å². The predicted molar refractivity (Wildman–Crippen MR) is 75.5 cm³/mol. The van der Waals surface area contributed by atoms with E-state index in [9.17, 15) is 0 Å². The molecule has 0 rings (SSSR count). The minimum Gasteiger partial charge on any atom is -0.412 e. The third kappa shape index (κ3) is 39.4. The van der Waals surface area contributed by atoms with E-state index in [1.807, 2.05) is 38.2 Å². The first-order valence-electron chi connectivity index (χ1n) is 4.43. The molecule has 0 aromatic carbocycles. The van der Waals surface area contributed by atoms with Gasteiger partial charge in [0.05, 0.1) is 0 Å². The van der Waals surface area contributed by atoms with Crippen LogP contribution in [0.1, 0.15) is 13.8 Å². The Bertz CT molecular complexity index is 230. The van der Waals surface area contributed by atoms with E-state index in [-0.39, 0.29) is 11.0 Å². The smallest absolute Gasteiger partial charge is 0.0404 e. The summed E-state index contributed by atoms with van der Waals surface area (Å²) in [7, 11) is 0. The van der Waals surface area contributed by atoms with E-state index >= 15 is 0 Å². The van der Waals surface area contributed by atoms with Crippen LogP contribution in [0.5, 0.6) is 0 Å².